The van der Waals surface area contributed by atoms with Gasteiger partial charge in [0.25, 0.3) is 0 Å². The van der Waals surface area contributed by atoms with Gasteiger partial charge in [-0.3, -0.25) is 4.99 Å². The minimum absolute atomic E-state index is 0.0147. The fourth-order valence-electron chi connectivity index (χ4n) is 1.64. The molecule has 0 bridgehead atoms. The van der Waals surface area contributed by atoms with Crippen LogP contribution in [-0.4, -0.2) is 31.4 Å². The number of halogens is 2. The standard InChI is InChI=1S/C14H12BrClN2O3/c1-18(2)13-11(15)6-9(21-13)7-17-8-3-4-12(16)10(5-8)14(19)20/h3-7H,1-2H3,(H,19,20). The fourth-order valence-corrected chi connectivity index (χ4v) is 2.50. The topological polar surface area (TPSA) is 66.0 Å². The Balaban J connectivity index is 2.27. The first-order valence-electron chi connectivity index (χ1n) is 5.92. The monoisotopic (exact) mass is 370 g/mol. The second kappa shape index (κ2) is 6.32. The predicted molar refractivity (Wildman–Crippen MR) is 86.4 cm³/mol. The Bertz CT molecular complexity index is 710. The van der Waals surface area contributed by atoms with Crippen molar-refractivity contribution < 1.29 is 14.3 Å². The van der Waals surface area contributed by atoms with Crippen LogP contribution in [0.4, 0.5) is 11.6 Å². The molecule has 1 heterocycles. The van der Waals surface area contributed by atoms with Gasteiger partial charge < -0.3 is 14.4 Å². The highest BCUT2D eigenvalue weighted by Crippen LogP contribution is 2.28. The van der Waals surface area contributed by atoms with Crippen LogP contribution >= 0.6 is 27.5 Å². The van der Waals surface area contributed by atoms with E-state index in [1.807, 2.05) is 19.0 Å². The summed E-state index contributed by atoms with van der Waals surface area (Å²) in [4.78, 5) is 17.0. The van der Waals surface area contributed by atoms with E-state index in [9.17, 15) is 4.79 Å². The number of anilines is 1. The van der Waals surface area contributed by atoms with Gasteiger partial charge in [-0.25, -0.2) is 4.79 Å². The molecule has 0 amide bonds. The zero-order chi connectivity index (χ0) is 15.6. The van der Waals surface area contributed by atoms with Gasteiger partial charge in [-0.15, -0.1) is 0 Å². The summed E-state index contributed by atoms with van der Waals surface area (Å²) in [5.74, 6) is 0.142. The van der Waals surface area contributed by atoms with Crippen molar-refractivity contribution in [1.29, 1.82) is 0 Å². The summed E-state index contributed by atoms with van der Waals surface area (Å²) >= 11 is 9.20. The molecule has 0 fully saturated rings. The molecule has 110 valence electrons. The highest BCUT2D eigenvalue weighted by atomic mass is 79.9. The first kappa shape index (κ1) is 15.6. The van der Waals surface area contributed by atoms with Gasteiger partial charge in [0.05, 0.1) is 27.0 Å². The summed E-state index contributed by atoms with van der Waals surface area (Å²) in [7, 11) is 3.73. The van der Waals surface area contributed by atoms with Gasteiger partial charge in [-0.2, -0.15) is 0 Å². The summed E-state index contributed by atoms with van der Waals surface area (Å²) in [6.45, 7) is 0. The van der Waals surface area contributed by atoms with Gasteiger partial charge in [0, 0.05) is 20.2 Å². The number of carboxylic acid groups (broad SMARTS) is 1. The van der Waals surface area contributed by atoms with Gasteiger partial charge in [0.15, 0.2) is 0 Å². The number of carboxylic acids is 1. The molecule has 0 atom stereocenters. The number of nitrogens with zero attached hydrogens (tertiary/aromatic N) is 2. The molecule has 2 rings (SSSR count). The van der Waals surface area contributed by atoms with Crippen molar-refractivity contribution in [1.82, 2.24) is 0 Å². The Labute approximate surface area is 135 Å². The lowest BCUT2D eigenvalue weighted by molar-refractivity contribution is 0.0697. The number of benzene rings is 1. The Morgan fingerprint density at radius 2 is 2.14 bits per heavy atom. The number of aromatic carboxylic acids is 1. The molecular formula is C14H12BrClN2O3. The van der Waals surface area contributed by atoms with Crippen molar-refractivity contribution in [3.05, 3.63) is 45.1 Å². The zero-order valence-corrected chi connectivity index (χ0v) is 13.6. The number of carbonyl (C=O) groups is 1. The average Bonchev–Trinajstić information content (AvgIpc) is 2.79. The van der Waals surface area contributed by atoms with E-state index in [1.54, 1.807) is 12.1 Å². The van der Waals surface area contributed by atoms with Crippen molar-refractivity contribution in [2.45, 2.75) is 0 Å². The third-order valence-corrected chi connectivity index (χ3v) is 3.51. The highest BCUT2D eigenvalue weighted by Gasteiger charge is 2.10. The fraction of sp³-hybridized carbons (Fsp3) is 0.143. The van der Waals surface area contributed by atoms with Gasteiger partial charge >= 0.3 is 5.97 Å². The van der Waals surface area contributed by atoms with Crippen molar-refractivity contribution >= 4 is 51.3 Å². The maximum Gasteiger partial charge on any atom is 0.337 e. The molecular weight excluding hydrogens is 360 g/mol. The molecule has 0 radical (unpaired) electrons. The lowest BCUT2D eigenvalue weighted by Crippen LogP contribution is -2.07. The Morgan fingerprint density at radius 1 is 1.43 bits per heavy atom. The van der Waals surface area contributed by atoms with Gasteiger partial charge in [0.1, 0.15) is 5.76 Å². The lowest BCUT2D eigenvalue weighted by atomic mass is 10.2. The van der Waals surface area contributed by atoms with Crippen LogP contribution in [0.25, 0.3) is 0 Å². The van der Waals surface area contributed by atoms with E-state index in [0.29, 0.717) is 17.3 Å². The third kappa shape index (κ3) is 3.65. The quantitative estimate of drug-likeness (QED) is 0.818. The number of furan rings is 1. The average molecular weight is 372 g/mol. The van der Waals surface area contributed by atoms with Crippen LogP contribution in [-0.2, 0) is 0 Å². The van der Waals surface area contributed by atoms with E-state index in [0.717, 1.165) is 4.47 Å². The minimum Gasteiger partial charge on any atom is -0.478 e. The first-order valence-corrected chi connectivity index (χ1v) is 7.09. The molecule has 21 heavy (non-hydrogen) atoms. The smallest absolute Gasteiger partial charge is 0.337 e. The Hall–Kier alpha value is -1.79. The first-order chi connectivity index (χ1) is 9.88. The molecule has 0 aliphatic heterocycles. The lowest BCUT2D eigenvalue weighted by Gasteiger charge is -2.07. The maximum atomic E-state index is 11.0. The number of hydrogen-bond donors (Lipinski definition) is 1. The summed E-state index contributed by atoms with van der Waals surface area (Å²) in [6.07, 6.45) is 1.52. The van der Waals surface area contributed by atoms with E-state index < -0.39 is 5.97 Å². The van der Waals surface area contributed by atoms with Gasteiger partial charge in [-0.1, -0.05) is 11.6 Å². The van der Waals surface area contributed by atoms with Crippen LogP contribution in [0.2, 0.25) is 5.02 Å². The van der Waals surface area contributed by atoms with Crippen molar-refractivity contribution in [3.8, 4) is 0 Å². The largest absolute Gasteiger partial charge is 0.478 e. The van der Waals surface area contributed by atoms with E-state index >= 15 is 0 Å². The van der Waals surface area contributed by atoms with Crippen LogP contribution in [0.1, 0.15) is 16.1 Å². The van der Waals surface area contributed by atoms with Gasteiger partial charge in [0.2, 0.25) is 5.88 Å². The predicted octanol–water partition coefficient (Wildman–Crippen LogP) is 4.21. The molecule has 0 unspecified atom stereocenters. The highest BCUT2D eigenvalue weighted by molar-refractivity contribution is 9.10. The van der Waals surface area contributed by atoms with E-state index in [2.05, 4.69) is 20.9 Å². The second-order valence-corrected chi connectivity index (χ2v) is 5.69. The van der Waals surface area contributed by atoms with Crippen LogP contribution in [0.3, 0.4) is 0 Å². The molecule has 1 N–H and O–H groups in total. The summed E-state index contributed by atoms with van der Waals surface area (Å²) in [6, 6.07) is 6.33. The maximum absolute atomic E-state index is 11.0. The number of rotatable bonds is 4. The summed E-state index contributed by atoms with van der Waals surface area (Å²) in [5, 5.41) is 9.19. The Kier molecular flexibility index (Phi) is 4.69. The molecule has 0 aliphatic carbocycles. The molecule has 1 aromatic heterocycles. The molecule has 0 aliphatic rings. The minimum atomic E-state index is -1.09. The Morgan fingerprint density at radius 3 is 2.71 bits per heavy atom. The molecule has 7 heteroatoms. The number of aliphatic imine (C=N–C) groups is 1. The van der Waals surface area contributed by atoms with E-state index in [1.165, 1.54) is 18.3 Å². The van der Waals surface area contributed by atoms with Gasteiger partial charge in [-0.05, 0) is 34.1 Å². The SMILES string of the molecule is CN(C)c1oc(C=Nc2ccc(Cl)c(C(=O)O)c2)cc1Br. The van der Waals surface area contributed by atoms with E-state index in [4.69, 9.17) is 21.1 Å². The normalized spacial score (nSPS) is 11.0. The number of hydrogen-bond acceptors (Lipinski definition) is 4. The van der Waals surface area contributed by atoms with Crippen LogP contribution in [0, 0.1) is 0 Å². The summed E-state index contributed by atoms with van der Waals surface area (Å²) in [5.41, 5.74) is 0.497. The summed E-state index contributed by atoms with van der Waals surface area (Å²) < 4.78 is 6.40. The van der Waals surface area contributed by atoms with Crippen molar-refractivity contribution in [2.24, 2.45) is 4.99 Å². The van der Waals surface area contributed by atoms with Crippen molar-refractivity contribution in [2.75, 3.05) is 19.0 Å². The van der Waals surface area contributed by atoms with Crippen LogP contribution in [0.15, 0.2) is 38.1 Å². The zero-order valence-electron chi connectivity index (χ0n) is 11.3. The van der Waals surface area contributed by atoms with Crippen molar-refractivity contribution in [3.63, 3.8) is 0 Å². The molecule has 1 aromatic carbocycles. The van der Waals surface area contributed by atoms with E-state index in [-0.39, 0.29) is 10.6 Å². The molecule has 5 nitrogen and oxygen atoms in total. The van der Waals surface area contributed by atoms with Crippen LogP contribution < -0.4 is 4.90 Å². The molecule has 0 saturated heterocycles. The molecule has 0 saturated carbocycles. The molecule has 0 spiro atoms. The van der Waals surface area contributed by atoms with Crippen LogP contribution in [0.5, 0.6) is 0 Å². The second-order valence-electron chi connectivity index (χ2n) is 4.42. The third-order valence-electron chi connectivity index (χ3n) is 2.62. The molecule has 2 aromatic rings.